The number of esters is 1. The third-order valence-corrected chi connectivity index (χ3v) is 2.51. The maximum absolute atomic E-state index is 10.9. The van der Waals surface area contributed by atoms with Crippen LogP contribution in [0.5, 0.6) is 0 Å². The molecular formula is C10H17NO3. The van der Waals surface area contributed by atoms with Crippen molar-refractivity contribution in [2.75, 3.05) is 20.3 Å². The van der Waals surface area contributed by atoms with E-state index in [0.29, 0.717) is 12.6 Å². The van der Waals surface area contributed by atoms with Crippen molar-refractivity contribution >= 4 is 5.97 Å². The van der Waals surface area contributed by atoms with E-state index in [9.17, 15) is 4.79 Å². The Bertz CT molecular complexity index is 211. The first-order valence-corrected chi connectivity index (χ1v) is 4.90. The number of methoxy groups -OCH3 is 1. The van der Waals surface area contributed by atoms with Crippen molar-refractivity contribution in [2.24, 2.45) is 0 Å². The van der Waals surface area contributed by atoms with Crippen molar-refractivity contribution in [2.45, 2.75) is 25.3 Å². The van der Waals surface area contributed by atoms with Crippen LogP contribution in [0.1, 0.15) is 19.3 Å². The average molecular weight is 199 g/mol. The van der Waals surface area contributed by atoms with Gasteiger partial charge in [0.15, 0.2) is 0 Å². The molecule has 0 aliphatic heterocycles. The van der Waals surface area contributed by atoms with Crippen LogP contribution in [0.3, 0.4) is 0 Å². The first-order valence-electron chi connectivity index (χ1n) is 4.90. The Kier molecular flexibility index (Phi) is 4.46. The van der Waals surface area contributed by atoms with E-state index in [1.54, 1.807) is 6.20 Å². The Hall–Kier alpha value is -1.03. The molecule has 0 spiro atoms. The smallest absolute Gasteiger partial charge is 0.331 e. The summed E-state index contributed by atoms with van der Waals surface area (Å²) >= 11 is 0. The molecule has 4 nitrogen and oxygen atoms in total. The first-order chi connectivity index (χ1) is 6.77. The van der Waals surface area contributed by atoms with Crippen LogP contribution < -0.4 is 0 Å². The van der Waals surface area contributed by atoms with Gasteiger partial charge >= 0.3 is 5.97 Å². The van der Waals surface area contributed by atoms with Gasteiger partial charge in [-0.15, -0.1) is 0 Å². The molecule has 1 rings (SSSR count). The van der Waals surface area contributed by atoms with Crippen LogP contribution in [0.2, 0.25) is 0 Å². The first kappa shape index (κ1) is 11.0. The lowest BCUT2D eigenvalue weighted by molar-refractivity contribution is -0.134. The molecule has 0 heterocycles. The number of aliphatic hydroxyl groups is 1. The van der Waals surface area contributed by atoms with E-state index >= 15 is 0 Å². The van der Waals surface area contributed by atoms with Gasteiger partial charge in [-0.25, -0.2) is 4.79 Å². The molecule has 80 valence electrons. The molecule has 1 fully saturated rings. The number of aliphatic hydroxyl groups excluding tert-OH is 1. The van der Waals surface area contributed by atoms with E-state index in [1.165, 1.54) is 19.6 Å². The van der Waals surface area contributed by atoms with E-state index in [0.717, 1.165) is 12.8 Å². The number of hydrogen-bond donors (Lipinski definition) is 1. The molecule has 0 aromatic heterocycles. The maximum atomic E-state index is 10.9. The number of carbonyl (C=O) groups excluding carboxylic acids is 1. The highest BCUT2D eigenvalue weighted by Crippen LogP contribution is 2.24. The zero-order valence-corrected chi connectivity index (χ0v) is 8.48. The van der Waals surface area contributed by atoms with E-state index in [4.69, 9.17) is 5.11 Å². The van der Waals surface area contributed by atoms with Gasteiger partial charge in [0.1, 0.15) is 0 Å². The van der Waals surface area contributed by atoms with Gasteiger partial charge in [-0.1, -0.05) is 0 Å². The predicted octanol–water partition coefficient (Wildman–Crippen LogP) is 0.520. The molecule has 1 aliphatic rings. The molecule has 1 N–H and O–H groups in total. The summed E-state index contributed by atoms with van der Waals surface area (Å²) in [5.74, 6) is -0.354. The summed E-state index contributed by atoms with van der Waals surface area (Å²) in [5, 5.41) is 8.84. The van der Waals surface area contributed by atoms with Gasteiger partial charge in [0.05, 0.1) is 13.7 Å². The minimum absolute atomic E-state index is 0.113. The largest absolute Gasteiger partial charge is 0.466 e. The monoisotopic (exact) mass is 199 g/mol. The zero-order chi connectivity index (χ0) is 10.4. The van der Waals surface area contributed by atoms with Crippen molar-refractivity contribution in [3.05, 3.63) is 12.3 Å². The summed E-state index contributed by atoms with van der Waals surface area (Å²) in [6.45, 7) is 0.695. The maximum Gasteiger partial charge on any atom is 0.331 e. The van der Waals surface area contributed by atoms with Crippen molar-refractivity contribution in [3.63, 3.8) is 0 Å². The van der Waals surface area contributed by atoms with Crippen LogP contribution in [-0.4, -0.2) is 42.3 Å². The van der Waals surface area contributed by atoms with Crippen LogP contribution in [0, 0.1) is 0 Å². The zero-order valence-electron chi connectivity index (χ0n) is 8.48. The summed E-state index contributed by atoms with van der Waals surface area (Å²) in [4.78, 5) is 12.9. The van der Waals surface area contributed by atoms with Gasteiger partial charge in [-0.3, -0.25) is 0 Å². The number of rotatable bonds is 5. The molecule has 0 aromatic carbocycles. The average Bonchev–Trinajstić information content (AvgIpc) is 2.11. The third-order valence-electron chi connectivity index (χ3n) is 2.51. The number of ether oxygens (including phenoxy) is 1. The molecule has 0 saturated heterocycles. The highest BCUT2D eigenvalue weighted by atomic mass is 16.5. The predicted molar refractivity (Wildman–Crippen MR) is 52.6 cm³/mol. The van der Waals surface area contributed by atoms with Crippen LogP contribution in [0.4, 0.5) is 0 Å². The van der Waals surface area contributed by atoms with Crippen LogP contribution in [0.15, 0.2) is 12.3 Å². The molecule has 0 bridgehead atoms. The highest BCUT2D eigenvalue weighted by Gasteiger charge is 2.22. The van der Waals surface area contributed by atoms with Gasteiger partial charge < -0.3 is 14.7 Å². The Labute approximate surface area is 84.2 Å². The summed E-state index contributed by atoms with van der Waals surface area (Å²) in [6, 6.07) is 0.489. The van der Waals surface area contributed by atoms with Crippen molar-refractivity contribution in [1.82, 2.24) is 4.90 Å². The molecule has 0 aromatic rings. The minimum atomic E-state index is -0.354. The fraction of sp³-hybridized carbons (Fsp3) is 0.700. The SMILES string of the molecule is COC(=O)/C=C/N(CCO)C1CCC1. The van der Waals surface area contributed by atoms with Crippen molar-refractivity contribution in [3.8, 4) is 0 Å². The summed E-state index contributed by atoms with van der Waals surface area (Å²) in [6.07, 6.45) is 6.63. The van der Waals surface area contributed by atoms with Crippen molar-refractivity contribution in [1.29, 1.82) is 0 Å². The Morgan fingerprint density at radius 1 is 1.64 bits per heavy atom. The second-order valence-electron chi connectivity index (χ2n) is 3.39. The fourth-order valence-electron chi connectivity index (χ4n) is 1.44. The topological polar surface area (TPSA) is 49.8 Å². The van der Waals surface area contributed by atoms with Gasteiger partial charge in [-0.2, -0.15) is 0 Å². The Morgan fingerprint density at radius 3 is 2.79 bits per heavy atom. The van der Waals surface area contributed by atoms with E-state index < -0.39 is 0 Å². The molecule has 0 unspecified atom stereocenters. The molecule has 4 heteroatoms. The number of nitrogens with zero attached hydrogens (tertiary/aromatic N) is 1. The fourth-order valence-corrected chi connectivity index (χ4v) is 1.44. The van der Waals surface area contributed by atoms with Gasteiger partial charge in [0.25, 0.3) is 0 Å². The molecule has 1 saturated carbocycles. The second kappa shape index (κ2) is 5.65. The summed E-state index contributed by atoms with van der Waals surface area (Å²) < 4.78 is 4.50. The van der Waals surface area contributed by atoms with Crippen LogP contribution >= 0.6 is 0 Å². The molecule has 14 heavy (non-hydrogen) atoms. The second-order valence-corrected chi connectivity index (χ2v) is 3.39. The third kappa shape index (κ3) is 3.03. The molecular weight excluding hydrogens is 182 g/mol. The highest BCUT2D eigenvalue weighted by molar-refractivity contribution is 5.81. The number of carbonyl (C=O) groups is 1. The lowest BCUT2D eigenvalue weighted by Gasteiger charge is -2.36. The van der Waals surface area contributed by atoms with E-state index in [-0.39, 0.29) is 12.6 Å². The minimum Gasteiger partial charge on any atom is -0.466 e. The van der Waals surface area contributed by atoms with Crippen LogP contribution in [-0.2, 0) is 9.53 Å². The molecule has 0 amide bonds. The number of hydrogen-bond acceptors (Lipinski definition) is 4. The van der Waals surface area contributed by atoms with E-state index in [1.807, 2.05) is 4.90 Å². The van der Waals surface area contributed by atoms with E-state index in [2.05, 4.69) is 4.74 Å². The summed E-state index contributed by atoms with van der Waals surface area (Å²) in [7, 11) is 1.35. The molecule has 1 aliphatic carbocycles. The quantitative estimate of drug-likeness (QED) is 0.518. The normalized spacial score (nSPS) is 16.7. The Morgan fingerprint density at radius 2 is 2.36 bits per heavy atom. The lowest BCUT2D eigenvalue weighted by atomic mass is 9.92. The van der Waals surface area contributed by atoms with Gasteiger partial charge in [0, 0.05) is 24.9 Å². The molecule has 0 atom stereocenters. The standard InChI is InChI=1S/C10H17NO3/c1-14-10(13)5-6-11(7-8-12)9-3-2-4-9/h5-6,9,12H,2-4,7-8H2,1H3/b6-5+. The Balaban J connectivity index is 2.41. The van der Waals surface area contributed by atoms with Crippen molar-refractivity contribution < 1.29 is 14.6 Å². The van der Waals surface area contributed by atoms with Crippen LogP contribution in [0.25, 0.3) is 0 Å². The van der Waals surface area contributed by atoms with Gasteiger partial charge in [-0.05, 0) is 19.3 Å². The summed E-state index contributed by atoms with van der Waals surface area (Å²) in [5.41, 5.74) is 0. The molecule has 0 radical (unpaired) electrons. The van der Waals surface area contributed by atoms with Gasteiger partial charge in [0.2, 0.25) is 0 Å². The lowest BCUT2D eigenvalue weighted by Crippen LogP contribution is -2.38.